The van der Waals surface area contributed by atoms with E-state index in [4.69, 9.17) is 9.47 Å². The Morgan fingerprint density at radius 1 is 1.14 bits per heavy atom. The van der Waals surface area contributed by atoms with Gasteiger partial charge in [-0.25, -0.2) is 4.98 Å². The molecule has 0 aliphatic heterocycles. The zero-order valence-electron chi connectivity index (χ0n) is 16.5. The Morgan fingerprint density at radius 3 is 2.54 bits per heavy atom. The van der Waals surface area contributed by atoms with Crippen molar-refractivity contribution in [2.75, 3.05) is 7.11 Å². The fourth-order valence-corrected chi connectivity index (χ4v) is 2.91. The third kappa shape index (κ3) is 4.52. The van der Waals surface area contributed by atoms with Crippen LogP contribution in [-0.4, -0.2) is 28.7 Å². The molecule has 0 saturated carbocycles. The summed E-state index contributed by atoms with van der Waals surface area (Å²) in [6.07, 6.45) is 2.90. The normalized spacial score (nSPS) is 12.9. The van der Waals surface area contributed by atoms with Crippen LogP contribution < -0.4 is 14.8 Å². The maximum atomic E-state index is 12.9. The van der Waals surface area contributed by atoms with E-state index < -0.39 is 12.1 Å². The second kappa shape index (κ2) is 8.61. The van der Waals surface area contributed by atoms with Crippen LogP contribution in [0.1, 0.15) is 29.9 Å². The van der Waals surface area contributed by atoms with Gasteiger partial charge in [0.05, 0.1) is 7.11 Å². The molecule has 3 rings (SSSR count). The number of nitrogens with zero attached hydrogens (tertiary/aromatic N) is 2. The molecular formula is C22H25N3O3. The highest BCUT2D eigenvalue weighted by Gasteiger charge is 2.24. The molecule has 0 bridgehead atoms. The van der Waals surface area contributed by atoms with Crippen LogP contribution in [-0.2, 0) is 11.8 Å². The van der Waals surface area contributed by atoms with E-state index in [2.05, 4.69) is 10.3 Å². The number of aromatic nitrogens is 2. The summed E-state index contributed by atoms with van der Waals surface area (Å²) in [5.41, 5.74) is 2.02. The molecule has 0 fully saturated rings. The number of methoxy groups -OCH3 is 1. The molecule has 1 N–H and O–H groups in total. The lowest BCUT2D eigenvalue weighted by Crippen LogP contribution is -2.39. The number of hydrogen-bond acceptors (Lipinski definition) is 4. The van der Waals surface area contributed by atoms with Gasteiger partial charge in [-0.05, 0) is 43.7 Å². The maximum absolute atomic E-state index is 12.9. The lowest BCUT2D eigenvalue weighted by molar-refractivity contribution is -0.127. The molecule has 28 heavy (non-hydrogen) atoms. The molecule has 0 saturated heterocycles. The molecule has 1 heterocycles. The van der Waals surface area contributed by atoms with Crippen LogP contribution in [0, 0.1) is 6.92 Å². The monoisotopic (exact) mass is 379 g/mol. The van der Waals surface area contributed by atoms with Gasteiger partial charge in [0.15, 0.2) is 6.10 Å². The van der Waals surface area contributed by atoms with Crippen LogP contribution in [0.2, 0.25) is 0 Å². The summed E-state index contributed by atoms with van der Waals surface area (Å²) >= 11 is 0. The summed E-state index contributed by atoms with van der Waals surface area (Å²) in [5.74, 6) is 1.87. The van der Waals surface area contributed by atoms with E-state index in [1.807, 2.05) is 73.3 Å². The minimum absolute atomic E-state index is 0.226. The predicted molar refractivity (Wildman–Crippen MR) is 107 cm³/mol. The number of carbonyl (C=O) groups excluding carboxylic acids is 1. The highest BCUT2D eigenvalue weighted by atomic mass is 16.5. The summed E-state index contributed by atoms with van der Waals surface area (Å²) < 4.78 is 13.0. The van der Waals surface area contributed by atoms with Gasteiger partial charge >= 0.3 is 0 Å². The Bertz CT molecular complexity index is 934. The van der Waals surface area contributed by atoms with Crippen molar-refractivity contribution in [1.29, 1.82) is 0 Å². The zero-order valence-corrected chi connectivity index (χ0v) is 16.5. The number of carbonyl (C=O) groups is 1. The quantitative estimate of drug-likeness (QED) is 0.683. The van der Waals surface area contributed by atoms with Gasteiger partial charge in [-0.2, -0.15) is 0 Å². The number of rotatable bonds is 7. The molecule has 2 atom stereocenters. The van der Waals surface area contributed by atoms with Crippen molar-refractivity contribution in [1.82, 2.24) is 14.9 Å². The van der Waals surface area contributed by atoms with E-state index in [-0.39, 0.29) is 5.91 Å². The van der Waals surface area contributed by atoms with Gasteiger partial charge in [0.1, 0.15) is 23.4 Å². The van der Waals surface area contributed by atoms with Gasteiger partial charge in [-0.3, -0.25) is 4.79 Å². The zero-order chi connectivity index (χ0) is 20.1. The number of benzene rings is 2. The fourth-order valence-electron chi connectivity index (χ4n) is 2.91. The first kappa shape index (κ1) is 19.5. The number of imidazole rings is 1. The molecule has 1 amide bonds. The Labute approximate surface area is 165 Å². The van der Waals surface area contributed by atoms with Crippen molar-refractivity contribution >= 4 is 5.91 Å². The van der Waals surface area contributed by atoms with Crippen molar-refractivity contribution < 1.29 is 14.3 Å². The molecule has 0 radical (unpaired) electrons. The van der Waals surface area contributed by atoms with Gasteiger partial charge in [0.2, 0.25) is 0 Å². The van der Waals surface area contributed by atoms with E-state index in [1.54, 1.807) is 20.2 Å². The summed E-state index contributed by atoms with van der Waals surface area (Å²) in [7, 11) is 3.51. The van der Waals surface area contributed by atoms with Crippen molar-refractivity contribution in [3.8, 4) is 11.5 Å². The SMILES string of the molecule is COc1cccc(C(NC(=O)C(C)Oc2ccc(C)cc2)c2nccn2C)c1. The van der Waals surface area contributed by atoms with Crippen LogP contribution in [0.4, 0.5) is 0 Å². The lowest BCUT2D eigenvalue weighted by Gasteiger charge is -2.22. The number of hydrogen-bond donors (Lipinski definition) is 1. The molecule has 6 nitrogen and oxygen atoms in total. The average Bonchev–Trinajstić information content (AvgIpc) is 3.13. The summed E-state index contributed by atoms with van der Waals surface area (Å²) in [4.78, 5) is 17.3. The molecular weight excluding hydrogens is 354 g/mol. The summed E-state index contributed by atoms with van der Waals surface area (Å²) in [6.45, 7) is 3.74. The highest BCUT2D eigenvalue weighted by molar-refractivity contribution is 5.81. The van der Waals surface area contributed by atoms with Crippen molar-refractivity contribution in [2.45, 2.75) is 26.0 Å². The molecule has 2 unspecified atom stereocenters. The second-order valence-electron chi connectivity index (χ2n) is 6.69. The first-order valence-electron chi connectivity index (χ1n) is 9.13. The van der Waals surface area contributed by atoms with Gasteiger partial charge in [0.25, 0.3) is 5.91 Å². The molecule has 3 aromatic rings. The minimum Gasteiger partial charge on any atom is -0.497 e. The number of nitrogens with one attached hydrogen (secondary N) is 1. The summed E-state index contributed by atoms with van der Waals surface area (Å²) in [5, 5.41) is 3.06. The number of ether oxygens (including phenoxy) is 2. The molecule has 6 heteroatoms. The van der Waals surface area contributed by atoms with E-state index in [1.165, 1.54) is 0 Å². The van der Waals surface area contributed by atoms with Gasteiger partial charge < -0.3 is 19.4 Å². The van der Waals surface area contributed by atoms with Crippen LogP contribution in [0.5, 0.6) is 11.5 Å². The number of amides is 1. The molecule has 2 aromatic carbocycles. The second-order valence-corrected chi connectivity index (χ2v) is 6.69. The molecule has 1 aromatic heterocycles. The molecule has 146 valence electrons. The van der Waals surface area contributed by atoms with Crippen LogP contribution >= 0.6 is 0 Å². The first-order chi connectivity index (χ1) is 13.5. The van der Waals surface area contributed by atoms with E-state index in [0.717, 1.165) is 22.7 Å². The fraction of sp³-hybridized carbons (Fsp3) is 0.273. The van der Waals surface area contributed by atoms with E-state index in [9.17, 15) is 4.79 Å². The van der Waals surface area contributed by atoms with Crippen LogP contribution in [0.15, 0.2) is 60.9 Å². The molecule has 0 aliphatic carbocycles. The van der Waals surface area contributed by atoms with Gasteiger partial charge in [0, 0.05) is 19.4 Å². The smallest absolute Gasteiger partial charge is 0.261 e. The standard InChI is InChI=1S/C22H25N3O3/c1-15-8-10-18(11-9-15)28-16(2)22(26)24-20(21-23-12-13-25(21)3)17-6-5-7-19(14-17)27-4/h5-14,16,20H,1-4H3,(H,24,26). The Kier molecular flexibility index (Phi) is 5.99. The number of aryl methyl sites for hydroxylation is 2. The Balaban J connectivity index is 1.81. The third-order valence-electron chi connectivity index (χ3n) is 4.53. The Hall–Kier alpha value is -3.28. The summed E-state index contributed by atoms with van der Waals surface area (Å²) in [6, 6.07) is 14.8. The third-order valence-corrected chi connectivity index (χ3v) is 4.53. The lowest BCUT2D eigenvalue weighted by atomic mass is 10.1. The van der Waals surface area contributed by atoms with Crippen molar-refractivity contribution in [3.63, 3.8) is 0 Å². The van der Waals surface area contributed by atoms with Crippen LogP contribution in [0.25, 0.3) is 0 Å². The van der Waals surface area contributed by atoms with Gasteiger partial charge in [-0.15, -0.1) is 0 Å². The highest BCUT2D eigenvalue weighted by Crippen LogP contribution is 2.24. The van der Waals surface area contributed by atoms with Crippen LogP contribution in [0.3, 0.4) is 0 Å². The first-order valence-corrected chi connectivity index (χ1v) is 9.13. The topological polar surface area (TPSA) is 65.4 Å². The maximum Gasteiger partial charge on any atom is 0.261 e. The van der Waals surface area contributed by atoms with Crippen molar-refractivity contribution in [2.24, 2.45) is 7.05 Å². The minimum atomic E-state index is -0.656. The van der Waals surface area contributed by atoms with Crippen molar-refractivity contribution in [3.05, 3.63) is 77.9 Å². The largest absolute Gasteiger partial charge is 0.497 e. The molecule has 0 aliphatic rings. The molecule has 0 spiro atoms. The van der Waals surface area contributed by atoms with E-state index >= 15 is 0 Å². The van der Waals surface area contributed by atoms with E-state index in [0.29, 0.717) is 5.75 Å². The average molecular weight is 379 g/mol. The van der Waals surface area contributed by atoms with Gasteiger partial charge in [-0.1, -0.05) is 29.8 Å². The Morgan fingerprint density at radius 2 is 1.89 bits per heavy atom. The predicted octanol–water partition coefficient (Wildman–Crippen LogP) is 3.41.